The van der Waals surface area contributed by atoms with Crippen LogP contribution in [-0.2, 0) is 6.42 Å². The van der Waals surface area contributed by atoms with E-state index in [1.807, 2.05) is 7.05 Å². The Hall–Kier alpha value is -0.890. The highest BCUT2D eigenvalue weighted by Gasteiger charge is 1.98. The summed E-state index contributed by atoms with van der Waals surface area (Å²) in [5, 5.41) is 2.98. The van der Waals surface area contributed by atoms with Crippen LogP contribution in [0.1, 0.15) is 16.7 Å². The van der Waals surface area contributed by atoms with Crippen molar-refractivity contribution in [1.29, 1.82) is 0 Å². The Balaban J connectivity index is 2.79. The van der Waals surface area contributed by atoms with Crippen molar-refractivity contribution in [3.63, 3.8) is 0 Å². The second-order valence-corrected chi connectivity index (χ2v) is 3.76. The van der Waals surface area contributed by atoms with E-state index in [9.17, 15) is 0 Å². The number of hydrogen-bond donors (Lipinski definition) is 1. The van der Waals surface area contributed by atoms with Gasteiger partial charge in [0.15, 0.2) is 0 Å². The summed E-state index contributed by atoms with van der Waals surface area (Å²) in [5.41, 5.74) is 3.94. The molecule has 0 aliphatic rings. The van der Waals surface area contributed by atoms with Crippen LogP contribution < -0.4 is 5.32 Å². The average molecular weight is 193 g/mol. The van der Waals surface area contributed by atoms with Crippen LogP contribution in [0, 0.1) is 13.8 Å². The molecule has 13 heavy (non-hydrogen) atoms. The highest BCUT2D eigenvalue weighted by molar-refractivity contribution is 7.80. The average Bonchev–Trinajstić information content (AvgIpc) is 2.11. The lowest BCUT2D eigenvalue weighted by molar-refractivity contribution is 1.13. The second kappa shape index (κ2) is 4.38. The summed E-state index contributed by atoms with van der Waals surface area (Å²) in [7, 11) is 1.86. The topological polar surface area (TPSA) is 12.0 Å². The molecule has 1 N–H and O–H groups in total. The molecule has 0 radical (unpaired) electrons. The zero-order chi connectivity index (χ0) is 9.84. The summed E-state index contributed by atoms with van der Waals surface area (Å²) in [6.45, 7) is 4.25. The van der Waals surface area contributed by atoms with E-state index in [4.69, 9.17) is 12.2 Å². The lowest BCUT2D eigenvalue weighted by Crippen LogP contribution is -2.17. The fourth-order valence-electron chi connectivity index (χ4n) is 1.19. The summed E-state index contributed by atoms with van der Waals surface area (Å²) in [5.74, 6) is 0. The number of hydrogen-bond acceptors (Lipinski definition) is 1. The minimum absolute atomic E-state index is 0.840. The molecule has 0 amide bonds. The van der Waals surface area contributed by atoms with Crippen LogP contribution in [0.3, 0.4) is 0 Å². The number of thiocarbonyl (C=S) groups is 1. The smallest absolute Gasteiger partial charge is 0.0795 e. The molecule has 1 aromatic carbocycles. The van der Waals surface area contributed by atoms with E-state index >= 15 is 0 Å². The number of nitrogens with one attached hydrogen (secondary N) is 1. The predicted octanol–water partition coefficient (Wildman–Crippen LogP) is 2.39. The molecule has 0 aromatic heterocycles. The number of aryl methyl sites for hydroxylation is 2. The maximum Gasteiger partial charge on any atom is 0.0795 e. The molecule has 0 heterocycles. The lowest BCUT2D eigenvalue weighted by Gasteiger charge is -2.05. The van der Waals surface area contributed by atoms with Gasteiger partial charge in [-0.2, -0.15) is 0 Å². The van der Waals surface area contributed by atoms with Gasteiger partial charge in [0.05, 0.1) is 4.99 Å². The van der Waals surface area contributed by atoms with Crippen molar-refractivity contribution in [3.05, 3.63) is 34.9 Å². The van der Waals surface area contributed by atoms with E-state index in [0.717, 1.165) is 11.4 Å². The fourth-order valence-corrected chi connectivity index (χ4v) is 1.35. The van der Waals surface area contributed by atoms with Gasteiger partial charge in [-0.05, 0) is 30.5 Å². The van der Waals surface area contributed by atoms with Gasteiger partial charge in [0, 0.05) is 13.5 Å². The van der Waals surface area contributed by atoms with E-state index in [1.54, 1.807) is 0 Å². The van der Waals surface area contributed by atoms with E-state index in [-0.39, 0.29) is 0 Å². The van der Waals surface area contributed by atoms with Crippen molar-refractivity contribution < 1.29 is 0 Å². The minimum atomic E-state index is 0.840. The molecule has 1 rings (SSSR count). The fraction of sp³-hybridized carbons (Fsp3) is 0.364. The molecular formula is C11H15NS. The Labute approximate surface area is 85.2 Å². The summed E-state index contributed by atoms with van der Waals surface area (Å²) in [6.07, 6.45) is 0.840. The van der Waals surface area contributed by atoms with Crippen LogP contribution in [0.5, 0.6) is 0 Å². The third-order valence-corrected chi connectivity index (χ3v) is 2.56. The van der Waals surface area contributed by atoms with E-state index < -0.39 is 0 Å². The second-order valence-electron chi connectivity index (χ2n) is 3.27. The number of benzene rings is 1. The van der Waals surface area contributed by atoms with Crippen molar-refractivity contribution in [3.8, 4) is 0 Å². The Bertz CT molecular complexity index is 318. The van der Waals surface area contributed by atoms with Crippen LogP contribution in [-0.4, -0.2) is 12.0 Å². The largest absolute Gasteiger partial charge is 0.382 e. The monoisotopic (exact) mass is 193 g/mol. The first kappa shape index (κ1) is 10.2. The van der Waals surface area contributed by atoms with Gasteiger partial charge in [0.2, 0.25) is 0 Å². The van der Waals surface area contributed by atoms with E-state index in [1.165, 1.54) is 16.7 Å². The molecule has 0 unspecified atom stereocenters. The third kappa shape index (κ3) is 2.81. The molecule has 0 saturated heterocycles. The Morgan fingerprint density at radius 1 is 1.31 bits per heavy atom. The molecule has 0 saturated carbocycles. The molecule has 0 aliphatic heterocycles. The van der Waals surface area contributed by atoms with Gasteiger partial charge in [-0.1, -0.05) is 30.4 Å². The third-order valence-electron chi connectivity index (χ3n) is 2.21. The maximum atomic E-state index is 5.10. The zero-order valence-corrected chi connectivity index (χ0v) is 9.16. The first-order chi connectivity index (χ1) is 6.13. The number of likely N-dealkylation sites (N-methyl/N-ethyl adjacent to an activating group) is 1. The predicted molar refractivity (Wildman–Crippen MR) is 61.3 cm³/mol. The van der Waals surface area contributed by atoms with Gasteiger partial charge in [0.1, 0.15) is 0 Å². The van der Waals surface area contributed by atoms with Crippen molar-refractivity contribution in [1.82, 2.24) is 5.32 Å². The van der Waals surface area contributed by atoms with E-state index in [2.05, 4.69) is 37.4 Å². The minimum Gasteiger partial charge on any atom is -0.382 e. The van der Waals surface area contributed by atoms with Crippen molar-refractivity contribution in [2.45, 2.75) is 20.3 Å². The van der Waals surface area contributed by atoms with Gasteiger partial charge in [0.25, 0.3) is 0 Å². The zero-order valence-electron chi connectivity index (χ0n) is 8.35. The highest BCUT2D eigenvalue weighted by atomic mass is 32.1. The molecule has 1 aromatic rings. The van der Waals surface area contributed by atoms with Crippen LogP contribution in [0.4, 0.5) is 0 Å². The quantitative estimate of drug-likeness (QED) is 0.724. The Morgan fingerprint density at radius 2 is 2.00 bits per heavy atom. The Morgan fingerprint density at radius 3 is 2.54 bits per heavy atom. The first-order valence-electron chi connectivity index (χ1n) is 4.40. The van der Waals surface area contributed by atoms with Gasteiger partial charge in [-0.15, -0.1) is 0 Å². The van der Waals surface area contributed by atoms with Gasteiger partial charge >= 0.3 is 0 Å². The first-order valence-corrected chi connectivity index (χ1v) is 4.81. The summed E-state index contributed by atoms with van der Waals surface area (Å²) < 4.78 is 0. The maximum absolute atomic E-state index is 5.10. The molecule has 2 heteroatoms. The molecule has 0 aliphatic carbocycles. The summed E-state index contributed by atoms with van der Waals surface area (Å²) >= 11 is 5.10. The molecule has 70 valence electrons. The van der Waals surface area contributed by atoms with Gasteiger partial charge in [-0.25, -0.2) is 0 Å². The van der Waals surface area contributed by atoms with E-state index in [0.29, 0.717) is 0 Å². The SMILES string of the molecule is CNC(=S)Cc1ccc(C)c(C)c1. The summed E-state index contributed by atoms with van der Waals surface area (Å²) in [6, 6.07) is 6.47. The van der Waals surface area contributed by atoms with Crippen LogP contribution in [0.15, 0.2) is 18.2 Å². The van der Waals surface area contributed by atoms with Gasteiger partial charge < -0.3 is 5.32 Å². The van der Waals surface area contributed by atoms with Crippen molar-refractivity contribution in [2.75, 3.05) is 7.05 Å². The summed E-state index contributed by atoms with van der Waals surface area (Å²) in [4.78, 5) is 0.892. The van der Waals surface area contributed by atoms with Crippen LogP contribution in [0.25, 0.3) is 0 Å². The normalized spacial score (nSPS) is 9.77. The lowest BCUT2D eigenvalue weighted by atomic mass is 10.0. The van der Waals surface area contributed by atoms with Crippen LogP contribution >= 0.6 is 12.2 Å². The standard InChI is InChI=1S/C11H15NS/c1-8-4-5-10(6-9(8)2)7-11(13)12-3/h4-6H,7H2,1-3H3,(H,12,13). The molecule has 0 fully saturated rings. The molecule has 0 bridgehead atoms. The number of rotatable bonds is 2. The van der Waals surface area contributed by atoms with Crippen LogP contribution in [0.2, 0.25) is 0 Å². The molecular weight excluding hydrogens is 178 g/mol. The molecule has 0 spiro atoms. The van der Waals surface area contributed by atoms with Crippen molar-refractivity contribution >= 4 is 17.2 Å². The Kier molecular flexibility index (Phi) is 3.43. The van der Waals surface area contributed by atoms with Gasteiger partial charge in [-0.3, -0.25) is 0 Å². The van der Waals surface area contributed by atoms with Crippen molar-refractivity contribution in [2.24, 2.45) is 0 Å². The molecule has 0 atom stereocenters. The highest BCUT2D eigenvalue weighted by Crippen LogP contribution is 2.10. The molecule has 1 nitrogen and oxygen atoms in total.